The van der Waals surface area contributed by atoms with Crippen LogP contribution in [0.25, 0.3) is 11.3 Å². The first kappa shape index (κ1) is 21.3. The Hall–Kier alpha value is -3.45. The summed E-state index contributed by atoms with van der Waals surface area (Å²) in [6.45, 7) is 3.33. The first-order valence-corrected chi connectivity index (χ1v) is 9.78. The molecule has 0 aliphatic rings. The Kier molecular flexibility index (Phi) is 6.64. The van der Waals surface area contributed by atoms with E-state index in [0.717, 1.165) is 15.8 Å². The van der Waals surface area contributed by atoms with Gasteiger partial charge in [0, 0.05) is 22.7 Å². The van der Waals surface area contributed by atoms with Crippen molar-refractivity contribution in [2.45, 2.75) is 26.8 Å². The Balaban J connectivity index is 1.95. The summed E-state index contributed by atoms with van der Waals surface area (Å²) in [5.74, 6) is -0.747. The molecule has 0 aliphatic carbocycles. The molecule has 8 heteroatoms. The van der Waals surface area contributed by atoms with Crippen LogP contribution in [0.1, 0.15) is 18.9 Å². The van der Waals surface area contributed by atoms with Crippen LogP contribution in [0.2, 0.25) is 5.02 Å². The van der Waals surface area contributed by atoms with E-state index in [1.807, 2.05) is 31.2 Å². The number of aromatic nitrogens is 2. The predicted octanol–water partition coefficient (Wildman–Crippen LogP) is 3.86. The molecule has 7 nitrogen and oxygen atoms in total. The second-order valence-electron chi connectivity index (χ2n) is 6.73. The highest BCUT2D eigenvalue weighted by molar-refractivity contribution is 6.30. The van der Waals surface area contributed by atoms with Gasteiger partial charge in [0.25, 0.3) is 5.56 Å². The first-order valence-electron chi connectivity index (χ1n) is 9.40. The van der Waals surface area contributed by atoms with E-state index in [2.05, 4.69) is 15.7 Å². The van der Waals surface area contributed by atoms with Gasteiger partial charge in [0.2, 0.25) is 11.8 Å². The van der Waals surface area contributed by atoms with Gasteiger partial charge in [0.1, 0.15) is 12.2 Å². The van der Waals surface area contributed by atoms with Crippen LogP contribution in [-0.2, 0) is 16.1 Å². The quantitative estimate of drug-likeness (QED) is 0.628. The number of benzene rings is 2. The zero-order valence-electron chi connectivity index (χ0n) is 16.6. The highest BCUT2D eigenvalue weighted by Crippen LogP contribution is 2.19. The molecular formula is C22H21ClN4O3. The molecule has 0 saturated heterocycles. The molecule has 2 N–H and O–H groups in total. The fourth-order valence-corrected chi connectivity index (χ4v) is 2.94. The van der Waals surface area contributed by atoms with Gasteiger partial charge in [0.15, 0.2) is 0 Å². The van der Waals surface area contributed by atoms with Gasteiger partial charge >= 0.3 is 0 Å². The number of anilines is 2. The van der Waals surface area contributed by atoms with Crippen LogP contribution in [0.15, 0.2) is 59.4 Å². The maximum absolute atomic E-state index is 12.8. The van der Waals surface area contributed by atoms with Crippen molar-refractivity contribution < 1.29 is 9.59 Å². The van der Waals surface area contributed by atoms with E-state index in [4.69, 9.17) is 11.6 Å². The summed E-state index contributed by atoms with van der Waals surface area (Å²) in [5.41, 5.74) is 2.33. The normalized spacial score (nSPS) is 10.5. The summed E-state index contributed by atoms with van der Waals surface area (Å²) in [7, 11) is 0. The lowest BCUT2D eigenvalue weighted by atomic mass is 10.1. The van der Waals surface area contributed by atoms with Gasteiger partial charge in [-0.15, -0.1) is 0 Å². The van der Waals surface area contributed by atoms with Crippen molar-refractivity contribution in [2.24, 2.45) is 0 Å². The highest BCUT2D eigenvalue weighted by Gasteiger charge is 2.14. The molecule has 30 heavy (non-hydrogen) atoms. The molecule has 2 aromatic carbocycles. The highest BCUT2D eigenvalue weighted by atomic mass is 35.5. The number of nitrogens with one attached hydrogen (secondary N) is 2. The number of hydrogen-bond donors (Lipinski definition) is 2. The topological polar surface area (TPSA) is 93.1 Å². The molecule has 154 valence electrons. The smallest absolute Gasteiger partial charge is 0.291 e. The second-order valence-corrected chi connectivity index (χ2v) is 7.17. The van der Waals surface area contributed by atoms with Crippen LogP contribution in [0.3, 0.4) is 0 Å². The summed E-state index contributed by atoms with van der Waals surface area (Å²) in [6.07, 6.45) is 0.219. The third kappa shape index (κ3) is 5.33. The minimum Gasteiger partial charge on any atom is -0.324 e. The molecule has 0 unspecified atom stereocenters. The van der Waals surface area contributed by atoms with Crippen LogP contribution < -0.4 is 16.2 Å². The van der Waals surface area contributed by atoms with Crippen molar-refractivity contribution in [3.8, 4) is 11.3 Å². The third-order valence-corrected chi connectivity index (χ3v) is 4.55. The Morgan fingerprint density at radius 1 is 1.03 bits per heavy atom. The molecule has 0 spiro atoms. The lowest BCUT2D eigenvalue weighted by molar-refractivity contribution is -0.117. The van der Waals surface area contributed by atoms with Crippen molar-refractivity contribution in [3.05, 3.63) is 75.5 Å². The molecule has 1 heterocycles. The van der Waals surface area contributed by atoms with E-state index in [1.165, 1.54) is 6.07 Å². The monoisotopic (exact) mass is 424 g/mol. The lowest BCUT2D eigenvalue weighted by Crippen LogP contribution is -2.32. The van der Waals surface area contributed by atoms with E-state index in [0.29, 0.717) is 16.4 Å². The van der Waals surface area contributed by atoms with E-state index in [9.17, 15) is 14.4 Å². The lowest BCUT2D eigenvalue weighted by Gasteiger charge is -2.12. The molecule has 3 aromatic rings. The average molecular weight is 425 g/mol. The molecule has 3 rings (SSSR count). The van der Waals surface area contributed by atoms with Crippen molar-refractivity contribution in [1.82, 2.24) is 9.78 Å². The molecule has 0 atom stereocenters. The second kappa shape index (κ2) is 9.37. The molecular weight excluding hydrogens is 404 g/mol. The van der Waals surface area contributed by atoms with Gasteiger partial charge < -0.3 is 10.6 Å². The predicted molar refractivity (Wildman–Crippen MR) is 118 cm³/mol. The molecule has 0 fully saturated rings. The average Bonchev–Trinajstić information content (AvgIpc) is 2.71. The maximum Gasteiger partial charge on any atom is 0.291 e. The van der Waals surface area contributed by atoms with Crippen LogP contribution >= 0.6 is 11.6 Å². The standard InChI is InChI=1S/C22H21ClN4O3/c1-3-20(28)25-19-12-18(15-9-7-14(2)8-10-15)26-27(22(19)30)13-21(29)24-17-6-4-5-16(23)11-17/h4-12H,3,13H2,1-2H3,(H,24,29)(H,25,28). The largest absolute Gasteiger partial charge is 0.324 e. The molecule has 0 saturated carbocycles. The van der Waals surface area contributed by atoms with Crippen LogP contribution in [0.4, 0.5) is 11.4 Å². The van der Waals surface area contributed by atoms with E-state index in [1.54, 1.807) is 31.2 Å². The van der Waals surface area contributed by atoms with E-state index < -0.39 is 11.5 Å². The van der Waals surface area contributed by atoms with Gasteiger partial charge in [-0.3, -0.25) is 14.4 Å². The number of hydrogen-bond acceptors (Lipinski definition) is 4. The van der Waals surface area contributed by atoms with Crippen LogP contribution in [0.5, 0.6) is 0 Å². The molecule has 0 radical (unpaired) electrons. The fraction of sp³-hybridized carbons (Fsp3) is 0.182. The SMILES string of the molecule is CCC(=O)Nc1cc(-c2ccc(C)cc2)nn(CC(=O)Nc2cccc(Cl)c2)c1=O. The third-order valence-electron chi connectivity index (χ3n) is 4.32. The number of carbonyl (C=O) groups excluding carboxylic acids is 2. The first-order chi connectivity index (χ1) is 14.4. The van der Waals surface area contributed by atoms with Gasteiger partial charge in [-0.1, -0.05) is 54.4 Å². The number of rotatable bonds is 6. The Labute approximate surface area is 178 Å². The minimum atomic E-state index is -0.561. The number of carbonyl (C=O) groups is 2. The fourth-order valence-electron chi connectivity index (χ4n) is 2.75. The van der Waals surface area contributed by atoms with E-state index in [-0.39, 0.29) is 24.6 Å². The van der Waals surface area contributed by atoms with E-state index >= 15 is 0 Å². The van der Waals surface area contributed by atoms with Gasteiger partial charge in [-0.2, -0.15) is 5.10 Å². The Morgan fingerprint density at radius 2 is 1.77 bits per heavy atom. The summed E-state index contributed by atoms with van der Waals surface area (Å²) in [5, 5.41) is 10.1. The van der Waals surface area contributed by atoms with Crippen LogP contribution in [0, 0.1) is 6.92 Å². The van der Waals surface area contributed by atoms with Crippen molar-refractivity contribution in [3.63, 3.8) is 0 Å². The Morgan fingerprint density at radius 3 is 2.43 bits per heavy atom. The zero-order valence-corrected chi connectivity index (χ0v) is 17.4. The number of aryl methyl sites for hydroxylation is 1. The molecule has 0 bridgehead atoms. The van der Waals surface area contributed by atoms with Crippen molar-refractivity contribution >= 4 is 34.8 Å². The summed E-state index contributed by atoms with van der Waals surface area (Å²) < 4.78 is 1.04. The molecule has 1 aromatic heterocycles. The van der Waals surface area contributed by atoms with Crippen LogP contribution in [-0.4, -0.2) is 21.6 Å². The summed E-state index contributed by atoms with van der Waals surface area (Å²) in [4.78, 5) is 37.1. The van der Waals surface area contributed by atoms with Gasteiger partial charge in [-0.25, -0.2) is 4.68 Å². The number of halogens is 1. The maximum atomic E-state index is 12.8. The van der Waals surface area contributed by atoms with Crippen molar-refractivity contribution in [2.75, 3.05) is 10.6 Å². The Bertz CT molecular complexity index is 1140. The van der Waals surface area contributed by atoms with Gasteiger partial charge in [-0.05, 0) is 31.2 Å². The molecule has 2 amide bonds. The summed E-state index contributed by atoms with van der Waals surface area (Å²) >= 11 is 5.94. The van der Waals surface area contributed by atoms with Gasteiger partial charge in [0.05, 0.1) is 5.69 Å². The minimum absolute atomic E-state index is 0.0722. The number of amides is 2. The molecule has 0 aliphatic heterocycles. The number of nitrogens with zero attached hydrogens (tertiary/aromatic N) is 2. The zero-order chi connectivity index (χ0) is 21.7. The van der Waals surface area contributed by atoms with Crippen molar-refractivity contribution in [1.29, 1.82) is 0 Å². The summed E-state index contributed by atoms with van der Waals surface area (Å²) in [6, 6.07) is 15.8.